The van der Waals surface area contributed by atoms with Crippen LogP contribution in [0.1, 0.15) is 68.6 Å². The summed E-state index contributed by atoms with van der Waals surface area (Å²) in [5.41, 5.74) is -2.98. The minimum absolute atomic E-state index is 0.0959. The molecule has 12 heteroatoms. The molecule has 1 N–H and O–H groups in total. The predicted octanol–water partition coefficient (Wildman–Crippen LogP) is 6.71. The molecule has 0 radical (unpaired) electrons. The van der Waals surface area contributed by atoms with Crippen LogP contribution in [-0.4, -0.2) is 72.2 Å². The zero-order chi connectivity index (χ0) is 37.9. The van der Waals surface area contributed by atoms with Gasteiger partial charge in [-0.15, -0.1) is 0 Å². The highest BCUT2D eigenvalue weighted by molar-refractivity contribution is 6.44. The fourth-order valence-corrected chi connectivity index (χ4v) is 10.9. The normalized spacial score (nSPS) is 35.0. The average Bonchev–Trinajstić information content (AvgIpc) is 3.86. The maximum atomic E-state index is 14.3. The number of aromatic nitrogens is 1. The highest BCUT2D eigenvalue weighted by atomic mass is 16.7. The van der Waals surface area contributed by atoms with Crippen molar-refractivity contribution < 1.29 is 47.3 Å². The topological polar surface area (TPSA) is 124 Å². The van der Waals surface area contributed by atoms with Crippen LogP contribution in [0.3, 0.4) is 0 Å². The Bertz CT molecular complexity index is 1940. The number of esters is 2. The summed E-state index contributed by atoms with van der Waals surface area (Å²) in [4.78, 5) is 31.3. The number of benzene rings is 2. The van der Waals surface area contributed by atoms with Crippen LogP contribution in [0.5, 0.6) is 0 Å². The van der Waals surface area contributed by atoms with Crippen molar-refractivity contribution in [1.29, 1.82) is 0 Å². The van der Waals surface area contributed by atoms with Crippen molar-refractivity contribution in [3.05, 3.63) is 119 Å². The van der Waals surface area contributed by atoms with E-state index < -0.39 is 59.1 Å². The first kappa shape index (κ1) is 36.9. The second-order valence-electron chi connectivity index (χ2n) is 15.6. The SMILES string of the molecule is C=C(C)C1=C(C)[C@@]23OB(C)O[C@]2([C@@H]1OC(=O)c1ccc[nH]1)[C@@]1(C)CC(=O)O[C@@]32[C@H](OCOCc3ccccc3)[C@@H](C)CC[C@]12OCOCc1ccccc1. The van der Waals surface area contributed by atoms with Crippen molar-refractivity contribution in [3.8, 4) is 0 Å². The van der Waals surface area contributed by atoms with Crippen LogP contribution < -0.4 is 0 Å². The Hall–Kier alpha value is -4.04. The number of rotatable bonds is 13. The quantitative estimate of drug-likeness (QED) is 0.0876. The highest BCUT2D eigenvalue weighted by Gasteiger charge is 3.00. The lowest BCUT2D eigenvalue weighted by Gasteiger charge is -2.63. The Morgan fingerprint density at radius 3 is 2.26 bits per heavy atom. The van der Waals surface area contributed by atoms with Gasteiger partial charge in [-0.05, 0) is 73.8 Å². The Morgan fingerprint density at radius 1 is 0.963 bits per heavy atom. The van der Waals surface area contributed by atoms with Gasteiger partial charge in [-0.2, -0.15) is 0 Å². The van der Waals surface area contributed by atoms with Gasteiger partial charge in [-0.3, -0.25) is 4.79 Å². The van der Waals surface area contributed by atoms with Gasteiger partial charge in [0.2, 0.25) is 5.60 Å². The molecule has 2 saturated carbocycles. The molecule has 5 aliphatic rings. The van der Waals surface area contributed by atoms with E-state index in [1.54, 1.807) is 18.3 Å². The summed E-state index contributed by atoms with van der Waals surface area (Å²) in [7, 11) is -0.786. The third-order valence-electron chi connectivity index (χ3n) is 12.7. The van der Waals surface area contributed by atoms with Gasteiger partial charge in [-0.25, -0.2) is 4.79 Å². The number of nitrogens with one attached hydrogen (secondary N) is 1. The molecule has 8 rings (SSSR count). The number of aromatic amines is 1. The molecule has 2 aromatic carbocycles. The van der Waals surface area contributed by atoms with Gasteiger partial charge in [-0.1, -0.05) is 86.7 Å². The van der Waals surface area contributed by atoms with E-state index in [-0.39, 0.29) is 31.6 Å². The molecule has 2 saturated heterocycles. The maximum Gasteiger partial charge on any atom is 0.455 e. The van der Waals surface area contributed by atoms with Gasteiger partial charge >= 0.3 is 19.1 Å². The van der Waals surface area contributed by atoms with Gasteiger partial charge < -0.3 is 42.7 Å². The molecule has 4 fully saturated rings. The van der Waals surface area contributed by atoms with E-state index in [0.29, 0.717) is 42.8 Å². The van der Waals surface area contributed by atoms with Gasteiger partial charge in [0.25, 0.3) is 0 Å². The Kier molecular flexibility index (Phi) is 9.31. The van der Waals surface area contributed by atoms with E-state index in [4.69, 9.17) is 37.7 Å². The van der Waals surface area contributed by atoms with E-state index in [1.807, 2.05) is 88.3 Å². The van der Waals surface area contributed by atoms with Crippen LogP contribution in [0.15, 0.2) is 102 Å². The molecule has 3 heterocycles. The minimum Gasteiger partial charge on any atom is -0.450 e. The molecule has 3 aliphatic carbocycles. The summed E-state index contributed by atoms with van der Waals surface area (Å²) < 4.78 is 54.2. The summed E-state index contributed by atoms with van der Waals surface area (Å²) >= 11 is 0. The second kappa shape index (κ2) is 13.6. The van der Waals surface area contributed by atoms with E-state index in [2.05, 4.69) is 18.5 Å². The van der Waals surface area contributed by atoms with Crippen molar-refractivity contribution >= 4 is 19.1 Å². The van der Waals surface area contributed by atoms with Crippen LogP contribution >= 0.6 is 0 Å². The average molecular weight is 738 g/mol. The smallest absolute Gasteiger partial charge is 0.450 e. The molecular formula is C42H48BNO10. The number of H-pyrrole nitrogens is 1. The molecule has 2 bridgehead atoms. The first-order valence-corrected chi connectivity index (χ1v) is 18.8. The van der Waals surface area contributed by atoms with E-state index in [0.717, 1.165) is 11.1 Å². The summed E-state index contributed by atoms with van der Waals surface area (Å²) in [6.45, 7) is 14.5. The lowest BCUT2D eigenvalue weighted by atomic mass is 9.54. The number of hydrogen-bond donors (Lipinski definition) is 1. The summed E-state index contributed by atoms with van der Waals surface area (Å²) in [5.74, 6) is -1.20. The number of hydrogen-bond acceptors (Lipinski definition) is 10. The Labute approximate surface area is 316 Å². The van der Waals surface area contributed by atoms with Crippen LogP contribution in [-0.2, 0) is 55.7 Å². The molecule has 284 valence electrons. The molecule has 1 aromatic heterocycles. The molecule has 2 aliphatic heterocycles. The lowest BCUT2D eigenvalue weighted by molar-refractivity contribution is -0.345. The molecule has 8 atom stereocenters. The van der Waals surface area contributed by atoms with Crippen LogP contribution in [0, 0.1) is 11.3 Å². The summed E-state index contributed by atoms with van der Waals surface area (Å²) in [6.07, 6.45) is 0.793. The lowest BCUT2D eigenvalue weighted by Crippen LogP contribution is -2.79. The largest absolute Gasteiger partial charge is 0.455 e. The molecule has 0 spiro atoms. The molecular weight excluding hydrogens is 689 g/mol. The zero-order valence-electron chi connectivity index (χ0n) is 31.6. The third-order valence-corrected chi connectivity index (χ3v) is 12.7. The zero-order valence-corrected chi connectivity index (χ0v) is 31.6. The summed E-state index contributed by atoms with van der Waals surface area (Å²) in [6, 6.07) is 23.1. The minimum atomic E-state index is -1.66. The molecule has 0 unspecified atom stereocenters. The van der Waals surface area contributed by atoms with Crippen molar-refractivity contribution in [3.63, 3.8) is 0 Å². The predicted molar refractivity (Wildman–Crippen MR) is 198 cm³/mol. The highest BCUT2D eigenvalue weighted by Crippen LogP contribution is 2.82. The molecule has 54 heavy (non-hydrogen) atoms. The van der Waals surface area contributed by atoms with Crippen molar-refractivity contribution in [2.45, 2.75) is 102 Å². The Balaban J connectivity index is 1.29. The number of ether oxygens (including phenoxy) is 6. The van der Waals surface area contributed by atoms with E-state index in [9.17, 15) is 9.59 Å². The molecule has 0 amide bonds. The monoisotopic (exact) mass is 737 g/mol. The van der Waals surface area contributed by atoms with Gasteiger partial charge in [0.15, 0.2) is 11.7 Å². The first-order valence-electron chi connectivity index (χ1n) is 18.8. The molecule has 11 nitrogen and oxygen atoms in total. The third kappa shape index (κ3) is 4.90. The maximum absolute atomic E-state index is 14.3. The second-order valence-corrected chi connectivity index (χ2v) is 15.6. The van der Waals surface area contributed by atoms with Crippen LogP contribution in [0.2, 0.25) is 6.82 Å². The first-order chi connectivity index (χ1) is 26.0. The van der Waals surface area contributed by atoms with Gasteiger partial charge in [0.1, 0.15) is 36.6 Å². The molecule has 3 aromatic rings. The fraction of sp³-hybridized carbons (Fsp3) is 0.476. The van der Waals surface area contributed by atoms with Crippen molar-refractivity contribution in [2.75, 3.05) is 13.6 Å². The van der Waals surface area contributed by atoms with Crippen LogP contribution in [0.25, 0.3) is 0 Å². The Morgan fingerprint density at radius 2 is 1.63 bits per heavy atom. The number of carbonyl (C=O) groups excluding carboxylic acids is 2. The summed E-state index contributed by atoms with van der Waals surface area (Å²) in [5, 5.41) is 0. The van der Waals surface area contributed by atoms with Crippen molar-refractivity contribution in [1.82, 2.24) is 4.98 Å². The van der Waals surface area contributed by atoms with Gasteiger partial charge in [0, 0.05) is 11.6 Å². The standard InChI is InChI=1S/C42H48BNO10/c1-27(2)34-29(4)40-41(54-43(6)53-40,36(34)51-37(46)32-18-13-21-44-32)38(5)22-33(45)52-42(40)35(49-25-47-23-30-14-9-7-10-15-30)28(3)19-20-39(38,42)50-26-48-24-31-16-11-8-12-17-31/h7-18,21,28,35-36,44H,1,19-20,22-26H2,2-6H3/t28-,35+,36+,38-,39-,40+,41+,42+/m0/s1. The fourth-order valence-electron chi connectivity index (χ4n) is 10.9. The van der Waals surface area contributed by atoms with E-state index in [1.165, 1.54) is 0 Å². The van der Waals surface area contributed by atoms with Crippen molar-refractivity contribution in [2.24, 2.45) is 11.3 Å². The van der Waals surface area contributed by atoms with Gasteiger partial charge in [0.05, 0.1) is 19.6 Å². The van der Waals surface area contributed by atoms with Crippen LogP contribution in [0.4, 0.5) is 0 Å². The number of carbonyl (C=O) groups is 2. The van der Waals surface area contributed by atoms with E-state index >= 15 is 0 Å².